The number of rotatable bonds is 9. The SMILES string of the molecule is CC(C)C(C(=O)OC(C)(C)C)N(C)C(=O)[C@H]1CCN(S(=O)(=O)N2CC(OCc3ccccc3)C2)C1. The first-order valence-corrected chi connectivity index (χ1v) is 13.6. The highest BCUT2D eigenvalue weighted by atomic mass is 32.2. The molecule has 1 unspecified atom stereocenters. The molecule has 10 heteroatoms. The second-order valence-corrected chi connectivity index (χ2v) is 12.7. The quantitative estimate of drug-likeness (QED) is 0.474. The van der Waals surface area contributed by atoms with E-state index < -0.39 is 33.7 Å². The first-order chi connectivity index (χ1) is 16.3. The van der Waals surface area contributed by atoms with Crippen LogP contribution in [-0.2, 0) is 35.9 Å². The van der Waals surface area contributed by atoms with Crippen molar-refractivity contribution >= 4 is 22.1 Å². The van der Waals surface area contributed by atoms with Gasteiger partial charge >= 0.3 is 5.97 Å². The van der Waals surface area contributed by atoms with Crippen LogP contribution in [0.4, 0.5) is 0 Å². The summed E-state index contributed by atoms with van der Waals surface area (Å²) < 4.78 is 40.3. The summed E-state index contributed by atoms with van der Waals surface area (Å²) in [7, 11) is -2.07. The molecule has 0 aliphatic carbocycles. The maximum atomic E-state index is 13.2. The van der Waals surface area contributed by atoms with Crippen molar-refractivity contribution < 1.29 is 27.5 Å². The summed E-state index contributed by atoms with van der Waals surface area (Å²) in [6.45, 7) is 10.5. The van der Waals surface area contributed by atoms with E-state index in [2.05, 4.69) is 0 Å². The van der Waals surface area contributed by atoms with Gasteiger partial charge in [-0.25, -0.2) is 4.79 Å². The highest BCUT2D eigenvalue weighted by Gasteiger charge is 2.45. The molecule has 0 N–H and O–H groups in total. The second kappa shape index (κ2) is 10.9. The van der Waals surface area contributed by atoms with Gasteiger partial charge in [-0.15, -0.1) is 0 Å². The third-order valence-corrected chi connectivity index (χ3v) is 8.28. The molecule has 0 bridgehead atoms. The molecule has 0 aromatic heterocycles. The van der Waals surface area contributed by atoms with Crippen LogP contribution in [0.15, 0.2) is 30.3 Å². The van der Waals surface area contributed by atoms with Crippen molar-refractivity contribution in [2.45, 2.75) is 65.4 Å². The van der Waals surface area contributed by atoms with E-state index in [4.69, 9.17) is 9.47 Å². The molecule has 2 fully saturated rings. The van der Waals surface area contributed by atoms with Crippen molar-refractivity contribution in [3.63, 3.8) is 0 Å². The average Bonchev–Trinajstić information content (AvgIpc) is 3.22. The predicted octanol–water partition coefficient (Wildman–Crippen LogP) is 2.28. The van der Waals surface area contributed by atoms with Gasteiger partial charge in [-0.1, -0.05) is 44.2 Å². The summed E-state index contributed by atoms with van der Waals surface area (Å²) in [5.74, 6) is -1.33. The van der Waals surface area contributed by atoms with Gasteiger partial charge in [0.2, 0.25) is 5.91 Å². The molecular formula is C25H39N3O6S. The Balaban J connectivity index is 1.53. The molecule has 3 rings (SSSR count). The molecule has 2 heterocycles. The zero-order chi connectivity index (χ0) is 26.0. The van der Waals surface area contributed by atoms with Crippen LogP contribution in [-0.4, -0.2) is 84.8 Å². The molecule has 0 spiro atoms. The zero-order valence-corrected chi connectivity index (χ0v) is 22.5. The predicted molar refractivity (Wildman–Crippen MR) is 132 cm³/mol. The third kappa shape index (κ3) is 6.81. The lowest BCUT2D eigenvalue weighted by Crippen LogP contribution is -2.58. The van der Waals surface area contributed by atoms with Crippen molar-refractivity contribution in [1.82, 2.24) is 13.5 Å². The number of esters is 1. The van der Waals surface area contributed by atoms with Crippen molar-refractivity contribution in [1.29, 1.82) is 0 Å². The van der Waals surface area contributed by atoms with Crippen molar-refractivity contribution in [2.75, 3.05) is 33.2 Å². The lowest BCUT2D eigenvalue weighted by atomic mass is 9.99. The van der Waals surface area contributed by atoms with Crippen LogP contribution in [0, 0.1) is 11.8 Å². The van der Waals surface area contributed by atoms with Gasteiger partial charge < -0.3 is 14.4 Å². The topological polar surface area (TPSA) is 96.5 Å². The zero-order valence-electron chi connectivity index (χ0n) is 21.6. The fraction of sp³-hybridized carbons (Fsp3) is 0.680. The average molecular weight is 510 g/mol. The Labute approximate surface area is 209 Å². The molecule has 2 atom stereocenters. The number of nitrogens with zero attached hydrogens (tertiary/aromatic N) is 3. The van der Waals surface area contributed by atoms with E-state index in [0.29, 0.717) is 26.1 Å². The van der Waals surface area contributed by atoms with Gasteiger partial charge in [-0.3, -0.25) is 4.79 Å². The number of carbonyl (C=O) groups is 2. The molecule has 1 amide bonds. The largest absolute Gasteiger partial charge is 0.458 e. The molecule has 2 aliphatic heterocycles. The molecule has 0 radical (unpaired) electrons. The van der Waals surface area contributed by atoms with E-state index in [1.54, 1.807) is 27.8 Å². The minimum Gasteiger partial charge on any atom is -0.458 e. The maximum absolute atomic E-state index is 13.2. The van der Waals surface area contributed by atoms with Crippen LogP contribution in [0.25, 0.3) is 0 Å². The van der Waals surface area contributed by atoms with Gasteiger partial charge in [-0.2, -0.15) is 17.0 Å². The van der Waals surface area contributed by atoms with Crippen LogP contribution >= 0.6 is 0 Å². The smallest absolute Gasteiger partial charge is 0.329 e. The van der Waals surface area contributed by atoms with E-state index in [1.165, 1.54) is 13.5 Å². The van der Waals surface area contributed by atoms with Crippen molar-refractivity contribution in [3.05, 3.63) is 35.9 Å². The Bertz CT molecular complexity index is 986. The van der Waals surface area contributed by atoms with Crippen LogP contribution in [0.2, 0.25) is 0 Å². The van der Waals surface area contributed by atoms with Gasteiger partial charge in [0.15, 0.2) is 0 Å². The molecule has 35 heavy (non-hydrogen) atoms. The number of ether oxygens (including phenoxy) is 2. The van der Waals surface area contributed by atoms with E-state index in [-0.39, 0.29) is 31.0 Å². The fourth-order valence-electron chi connectivity index (χ4n) is 4.45. The molecule has 2 aliphatic rings. The summed E-state index contributed by atoms with van der Waals surface area (Å²) in [5.41, 5.74) is 0.386. The first kappa shape index (κ1) is 27.6. The number of hydrogen-bond acceptors (Lipinski definition) is 6. The van der Waals surface area contributed by atoms with Gasteiger partial charge in [-0.05, 0) is 38.7 Å². The summed E-state index contributed by atoms with van der Waals surface area (Å²) in [5, 5.41) is 0. The van der Waals surface area contributed by atoms with Crippen LogP contribution in [0.5, 0.6) is 0 Å². The standard InChI is InChI=1S/C25H39N3O6S/c1-18(2)22(24(30)34-25(3,4)5)26(6)23(29)20-12-13-27(14-20)35(31,32)28-15-21(16-28)33-17-19-10-8-7-9-11-19/h7-11,18,20-22H,12-17H2,1-6H3/t20-,22?/m0/s1. The number of amides is 1. The highest BCUT2D eigenvalue weighted by Crippen LogP contribution is 2.28. The number of likely N-dealkylation sites (N-methyl/N-ethyl adjacent to an activating group) is 1. The monoisotopic (exact) mass is 509 g/mol. The fourth-order valence-corrected chi connectivity index (χ4v) is 6.19. The maximum Gasteiger partial charge on any atom is 0.329 e. The summed E-state index contributed by atoms with van der Waals surface area (Å²) in [6, 6.07) is 9.03. The van der Waals surface area contributed by atoms with E-state index >= 15 is 0 Å². The minimum atomic E-state index is -3.66. The summed E-state index contributed by atoms with van der Waals surface area (Å²) >= 11 is 0. The third-order valence-electron chi connectivity index (χ3n) is 6.34. The van der Waals surface area contributed by atoms with Gasteiger partial charge in [0.05, 0.1) is 18.6 Å². The lowest BCUT2D eigenvalue weighted by molar-refractivity contribution is -0.166. The summed E-state index contributed by atoms with van der Waals surface area (Å²) in [4.78, 5) is 27.4. The van der Waals surface area contributed by atoms with Crippen LogP contribution in [0.1, 0.15) is 46.6 Å². The summed E-state index contributed by atoms with van der Waals surface area (Å²) in [6.07, 6.45) is 0.278. The number of hydrogen-bond donors (Lipinski definition) is 0. The Hall–Kier alpha value is -2.01. The van der Waals surface area contributed by atoms with Gasteiger partial charge in [0, 0.05) is 33.2 Å². The van der Waals surface area contributed by atoms with Gasteiger partial charge in [0.1, 0.15) is 11.6 Å². The van der Waals surface area contributed by atoms with Crippen LogP contribution < -0.4 is 0 Å². The molecule has 9 nitrogen and oxygen atoms in total. The number of benzene rings is 1. The first-order valence-electron chi connectivity index (χ1n) is 12.2. The van der Waals surface area contributed by atoms with E-state index in [9.17, 15) is 18.0 Å². The Morgan fingerprint density at radius 3 is 2.29 bits per heavy atom. The van der Waals surface area contributed by atoms with Crippen LogP contribution in [0.3, 0.4) is 0 Å². The second-order valence-electron chi connectivity index (χ2n) is 10.8. The van der Waals surface area contributed by atoms with E-state index in [0.717, 1.165) is 5.56 Å². The highest BCUT2D eigenvalue weighted by molar-refractivity contribution is 7.86. The normalized spacial score (nSPS) is 21.1. The Morgan fingerprint density at radius 1 is 1.09 bits per heavy atom. The molecule has 196 valence electrons. The molecule has 1 aromatic rings. The molecule has 1 aromatic carbocycles. The van der Waals surface area contributed by atoms with Crippen molar-refractivity contribution in [2.24, 2.45) is 11.8 Å². The lowest BCUT2D eigenvalue weighted by Gasteiger charge is -2.39. The van der Waals surface area contributed by atoms with E-state index in [1.807, 2.05) is 44.2 Å². The molecule has 0 saturated carbocycles. The Morgan fingerprint density at radius 2 is 1.71 bits per heavy atom. The Kier molecular flexibility index (Phi) is 8.62. The minimum absolute atomic E-state index is 0.108. The van der Waals surface area contributed by atoms with Gasteiger partial charge in [0.25, 0.3) is 10.2 Å². The molecular weight excluding hydrogens is 470 g/mol. The van der Waals surface area contributed by atoms with Crippen molar-refractivity contribution in [3.8, 4) is 0 Å². The molecule has 2 saturated heterocycles. The number of carbonyl (C=O) groups excluding carboxylic acids is 2.